The molecule has 0 spiro atoms. The van der Waals surface area contributed by atoms with Crippen LogP contribution in [0.4, 0.5) is 0 Å². The van der Waals surface area contributed by atoms with Crippen LogP contribution in [-0.4, -0.2) is 23.5 Å². The average molecular weight is 271 g/mol. The van der Waals surface area contributed by atoms with Crippen molar-refractivity contribution in [3.05, 3.63) is 0 Å². The summed E-state index contributed by atoms with van der Waals surface area (Å²) in [7, 11) is 0. The standard InChI is InChI=1S/C15H29NO3/c1-10(2)8-9-12(17)16-13(11(3)4)14(18)19-15(5,6)7/h10-11,13H,8-9H2,1-7H3,(H,16,17)/t13-/m0/s1. The lowest BCUT2D eigenvalue weighted by Gasteiger charge is -2.26. The molecule has 0 bridgehead atoms. The summed E-state index contributed by atoms with van der Waals surface area (Å²) in [6, 6.07) is -0.570. The Morgan fingerprint density at radius 3 is 2.00 bits per heavy atom. The molecule has 0 rings (SSSR count). The van der Waals surface area contributed by atoms with Crippen LogP contribution in [0.5, 0.6) is 0 Å². The molecule has 1 N–H and O–H groups in total. The number of rotatable bonds is 6. The van der Waals surface area contributed by atoms with E-state index in [4.69, 9.17) is 4.74 Å². The van der Waals surface area contributed by atoms with Crippen molar-refractivity contribution in [2.24, 2.45) is 11.8 Å². The van der Waals surface area contributed by atoms with Gasteiger partial charge in [0.05, 0.1) is 0 Å². The Morgan fingerprint density at radius 1 is 1.11 bits per heavy atom. The average Bonchev–Trinajstić information content (AvgIpc) is 2.19. The molecule has 0 unspecified atom stereocenters. The van der Waals surface area contributed by atoms with E-state index in [0.717, 1.165) is 6.42 Å². The van der Waals surface area contributed by atoms with Crippen molar-refractivity contribution in [2.45, 2.75) is 73.0 Å². The molecule has 19 heavy (non-hydrogen) atoms. The summed E-state index contributed by atoms with van der Waals surface area (Å²) in [4.78, 5) is 23.9. The van der Waals surface area contributed by atoms with Crippen LogP contribution in [0, 0.1) is 11.8 Å². The highest BCUT2D eigenvalue weighted by molar-refractivity contribution is 5.84. The van der Waals surface area contributed by atoms with Crippen LogP contribution in [0.2, 0.25) is 0 Å². The van der Waals surface area contributed by atoms with Crippen LogP contribution in [0.3, 0.4) is 0 Å². The third-order valence-corrected chi connectivity index (χ3v) is 2.59. The molecule has 112 valence electrons. The fourth-order valence-electron chi connectivity index (χ4n) is 1.53. The van der Waals surface area contributed by atoms with E-state index in [-0.39, 0.29) is 17.8 Å². The van der Waals surface area contributed by atoms with Crippen molar-refractivity contribution in [3.8, 4) is 0 Å². The van der Waals surface area contributed by atoms with E-state index in [2.05, 4.69) is 19.2 Å². The Bertz CT molecular complexity index is 303. The van der Waals surface area contributed by atoms with Gasteiger partial charge in [0, 0.05) is 6.42 Å². The van der Waals surface area contributed by atoms with Gasteiger partial charge in [0.2, 0.25) is 5.91 Å². The first-order chi connectivity index (χ1) is 8.53. The third kappa shape index (κ3) is 8.62. The number of ether oxygens (including phenoxy) is 1. The van der Waals surface area contributed by atoms with Crippen LogP contribution in [0.15, 0.2) is 0 Å². The van der Waals surface area contributed by atoms with Gasteiger partial charge in [-0.1, -0.05) is 27.7 Å². The number of nitrogens with one attached hydrogen (secondary N) is 1. The first kappa shape index (κ1) is 17.9. The summed E-state index contributed by atoms with van der Waals surface area (Å²) in [6.07, 6.45) is 1.27. The Morgan fingerprint density at radius 2 is 1.63 bits per heavy atom. The van der Waals surface area contributed by atoms with Gasteiger partial charge in [-0.3, -0.25) is 4.79 Å². The lowest BCUT2D eigenvalue weighted by Crippen LogP contribution is -2.47. The molecular formula is C15H29NO3. The summed E-state index contributed by atoms with van der Waals surface area (Å²) < 4.78 is 5.33. The Balaban J connectivity index is 4.49. The van der Waals surface area contributed by atoms with Gasteiger partial charge in [-0.25, -0.2) is 4.79 Å². The molecule has 0 aromatic rings. The maximum Gasteiger partial charge on any atom is 0.329 e. The Labute approximate surface area is 117 Å². The zero-order chi connectivity index (χ0) is 15.2. The summed E-state index contributed by atoms with van der Waals surface area (Å²) in [6.45, 7) is 13.4. The van der Waals surface area contributed by atoms with Gasteiger partial charge < -0.3 is 10.1 Å². The molecule has 0 radical (unpaired) electrons. The van der Waals surface area contributed by atoms with Gasteiger partial charge >= 0.3 is 5.97 Å². The molecule has 1 atom stereocenters. The smallest absolute Gasteiger partial charge is 0.329 e. The van der Waals surface area contributed by atoms with E-state index in [0.29, 0.717) is 12.3 Å². The van der Waals surface area contributed by atoms with E-state index in [1.54, 1.807) is 0 Å². The maximum absolute atomic E-state index is 12.0. The van der Waals surface area contributed by atoms with Gasteiger partial charge in [-0.15, -0.1) is 0 Å². The number of amides is 1. The summed E-state index contributed by atoms with van der Waals surface area (Å²) in [5.74, 6) is 0.0429. The minimum Gasteiger partial charge on any atom is -0.458 e. The molecule has 0 aromatic heterocycles. The second kappa shape index (κ2) is 7.51. The van der Waals surface area contributed by atoms with E-state index in [1.165, 1.54) is 0 Å². The molecule has 4 nitrogen and oxygen atoms in total. The minimum atomic E-state index is -0.570. The topological polar surface area (TPSA) is 55.4 Å². The van der Waals surface area contributed by atoms with Crippen molar-refractivity contribution < 1.29 is 14.3 Å². The highest BCUT2D eigenvalue weighted by atomic mass is 16.6. The predicted molar refractivity (Wildman–Crippen MR) is 76.7 cm³/mol. The maximum atomic E-state index is 12.0. The lowest BCUT2D eigenvalue weighted by molar-refractivity contribution is -0.160. The van der Waals surface area contributed by atoms with Gasteiger partial charge in [-0.2, -0.15) is 0 Å². The monoisotopic (exact) mass is 271 g/mol. The van der Waals surface area contributed by atoms with Crippen LogP contribution in [0.1, 0.15) is 61.3 Å². The van der Waals surface area contributed by atoms with Crippen molar-refractivity contribution in [3.63, 3.8) is 0 Å². The first-order valence-corrected chi connectivity index (χ1v) is 7.05. The van der Waals surface area contributed by atoms with E-state index < -0.39 is 11.6 Å². The lowest BCUT2D eigenvalue weighted by atomic mass is 10.0. The molecule has 0 saturated carbocycles. The molecule has 0 saturated heterocycles. The summed E-state index contributed by atoms with van der Waals surface area (Å²) >= 11 is 0. The van der Waals surface area contributed by atoms with Gasteiger partial charge in [-0.05, 0) is 39.0 Å². The summed E-state index contributed by atoms with van der Waals surface area (Å²) in [5.41, 5.74) is -0.535. The predicted octanol–water partition coefficient (Wildman–Crippen LogP) is 2.91. The number of carbonyl (C=O) groups is 2. The quantitative estimate of drug-likeness (QED) is 0.756. The molecular weight excluding hydrogens is 242 g/mol. The van der Waals surface area contributed by atoms with E-state index in [1.807, 2.05) is 34.6 Å². The van der Waals surface area contributed by atoms with Crippen LogP contribution < -0.4 is 5.32 Å². The highest BCUT2D eigenvalue weighted by Crippen LogP contribution is 2.13. The second-order valence-corrected chi connectivity index (χ2v) is 6.76. The number of hydrogen-bond donors (Lipinski definition) is 1. The normalized spacial score (nSPS) is 13.5. The van der Waals surface area contributed by atoms with Gasteiger partial charge in [0.25, 0.3) is 0 Å². The fraction of sp³-hybridized carbons (Fsp3) is 0.867. The van der Waals surface area contributed by atoms with Crippen LogP contribution >= 0.6 is 0 Å². The van der Waals surface area contributed by atoms with Crippen LogP contribution in [0.25, 0.3) is 0 Å². The fourth-order valence-corrected chi connectivity index (χ4v) is 1.53. The summed E-state index contributed by atoms with van der Waals surface area (Å²) in [5, 5.41) is 2.78. The first-order valence-electron chi connectivity index (χ1n) is 7.05. The van der Waals surface area contributed by atoms with Crippen molar-refractivity contribution >= 4 is 11.9 Å². The van der Waals surface area contributed by atoms with Crippen LogP contribution in [-0.2, 0) is 14.3 Å². The van der Waals surface area contributed by atoms with Crippen molar-refractivity contribution in [1.29, 1.82) is 0 Å². The second-order valence-electron chi connectivity index (χ2n) is 6.76. The molecule has 0 heterocycles. The molecule has 0 fully saturated rings. The zero-order valence-electron chi connectivity index (χ0n) is 13.4. The molecule has 0 aliphatic rings. The van der Waals surface area contributed by atoms with Gasteiger partial charge in [0.1, 0.15) is 11.6 Å². The SMILES string of the molecule is CC(C)CCC(=O)N[C@H](C(=O)OC(C)(C)C)C(C)C. The molecule has 0 aromatic carbocycles. The Kier molecular flexibility index (Phi) is 7.09. The van der Waals surface area contributed by atoms with Crippen molar-refractivity contribution in [1.82, 2.24) is 5.32 Å². The van der Waals surface area contributed by atoms with E-state index >= 15 is 0 Å². The highest BCUT2D eigenvalue weighted by Gasteiger charge is 2.28. The number of carbonyl (C=O) groups excluding carboxylic acids is 2. The number of esters is 1. The van der Waals surface area contributed by atoms with E-state index in [9.17, 15) is 9.59 Å². The molecule has 0 aliphatic carbocycles. The largest absolute Gasteiger partial charge is 0.458 e. The zero-order valence-corrected chi connectivity index (χ0v) is 13.4. The Hall–Kier alpha value is -1.06. The minimum absolute atomic E-state index is 0.0119. The van der Waals surface area contributed by atoms with Gasteiger partial charge in [0.15, 0.2) is 0 Å². The third-order valence-electron chi connectivity index (χ3n) is 2.59. The molecule has 4 heteroatoms. The molecule has 1 amide bonds. The molecule has 0 aliphatic heterocycles. The van der Waals surface area contributed by atoms with Crippen molar-refractivity contribution in [2.75, 3.05) is 0 Å². The number of hydrogen-bond acceptors (Lipinski definition) is 3.